The second-order valence-corrected chi connectivity index (χ2v) is 5.96. The van der Waals surface area contributed by atoms with Crippen molar-refractivity contribution in [2.24, 2.45) is 0 Å². The van der Waals surface area contributed by atoms with Crippen LogP contribution in [0.15, 0.2) is 18.5 Å². The quantitative estimate of drug-likeness (QED) is 0.855. The summed E-state index contributed by atoms with van der Waals surface area (Å²) in [6, 6.07) is 1.73. The summed E-state index contributed by atoms with van der Waals surface area (Å²) in [5.41, 5.74) is 0.987. The van der Waals surface area contributed by atoms with E-state index in [1.807, 2.05) is 20.8 Å². The number of nitrogens with zero attached hydrogens (tertiary/aromatic N) is 3. The second-order valence-electron chi connectivity index (χ2n) is 4.72. The predicted octanol–water partition coefficient (Wildman–Crippen LogP) is 2.23. The van der Waals surface area contributed by atoms with Crippen molar-refractivity contribution in [1.29, 1.82) is 0 Å². The number of anilines is 1. The van der Waals surface area contributed by atoms with Crippen LogP contribution in [0.2, 0.25) is 0 Å². The summed E-state index contributed by atoms with van der Waals surface area (Å²) in [6.07, 6.45) is 3.69. The molecular weight excluding hydrogens is 286 g/mol. The van der Waals surface area contributed by atoms with Gasteiger partial charge in [-0.1, -0.05) is 0 Å². The Hall–Kier alpha value is -2.02. The van der Waals surface area contributed by atoms with Gasteiger partial charge in [0.2, 0.25) is 11.9 Å². The van der Waals surface area contributed by atoms with Crippen molar-refractivity contribution in [1.82, 2.24) is 20.3 Å². The highest BCUT2D eigenvalue weighted by atomic mass is 32.1. The summed E-state index contributed by atoms with van der Waals surface area (Å²) in [7, 11) is 0. The van der Waals surface area contributed by atoms with Crippen LogP contribution in [0.1, 0.15) is 35.0 Å². The fourth-order valence-electron chi connectivity index (χ4n) is 2.01. The van der Waals surface area contributed by atoms with Gasteiger partial charge in [0.05, 0.1) is 16.7 Å². The van der Waals surface area contributed by atoms with Crippen LogP contribution in [0, 0.1) is 13.8 Å². The Morgan fingerprint density at radius 1 is 1.33 bits per heavy atom. The van der Waals surface area contributed by atoms with E-state index >= 15 is 0 Å². The molecule has 7 heteroatoms. The van der Waals surface area contributed by atoms with Crippen molar-refractivity contribution >= 4 is 23.2 Å². The SMILES string of the molecule is Cc1nc(C)c([C@H](C)NC(=O)CCNc2ncccn2)s1. The topological polar surface area (TPSA) is 79.8 Å². The van der Waals surface area contributed by atoms with E-state index in [0.29, 0.717) is 18.9 Å². The van der Waals surface area contributed by atoms with E-state index < -0.39 is 0 Å². The minimum atomic E-state index is -0.0170. The van der Waals surface area contributed by atoms with Gasteiger partial charge in [0.25, 0.3) is 0 Å². The third-order valence-corrected chi connectivity index (χ3v) is 4.17. The maximum Gasteiger partial charge on any atom is 0.222 e. The molecule has 0 aromatic carbocycles. The molecule has 112 valence electrons. The molecule has 2 aromatic heterocycles. The molecule has 1 amide bonds. The maximum atomic E-state index is 11.9. The Labute approximate surface area is 128 Å². The average molecular weight is 305 g/mol. The van der Waals surface area contributed by atoms with Crippen molar-refractivity contribution in [3.63, 3.8) is 0 Å². The lowest BCUT2D eigenvalue weighted by molar-refractivity contribution is -0.121. The summed E-state index contributed by atoms with van der Waals surface area (Å²) in [5, 5.41) is 7.02. The van der Waals surface area contributed by atoms with Crippen molar-refractivity contribution in [3.05, 3.63) is 34.0 Å². The number of thiazole rings is 1. The highest BCUT2D eigenvalue weighted by molar-refractivity contribution is 7.11. The zero-order valence-electron chi connectivity index (χ0n) is 12.4. The Morgan fingerprint density at radius 2 is 2.05 bits per heavy atom. The fourth-order valence-corrected chi connectivity index (χ4v) is 2.94. The number of aryl methyl sites for hydroxylation is 2. The Bertz CT molecular complexity index is 599. The molecule has 0 saturated heterocycles. The first-order valence-corrected chi connectivity index (χ1v) is 7.62. The van der Waals surface area contributed by atoms with Crippen molar-refractivity contribution in [2.75, 3.05) is 11.9 Å². The Kier molecular flexibility index (Phi) is 5.21. The molecule has 0 saturated carbocycles. The van der Waals surface area contributed by atoms with Crippen LogP contribution >= 0.6 is 11.3 Å². The number of nitrogens with one attached hydrogen (secondary N) is 2. The molecule has 0 unspecified atom stereocenters. The van der Waals surface area contributed by atoms with Gasteiger partial charge in [0, 0.05) is 30.2 Å². The first kappa shape index (κ1) is 15.4. The van der Waals surface area contributed by atoms with E-state index in [2.05, 4.69) is 25.6 Å². The van der Waals surface area contributed by atoms with Crippen LogP contribution in [-0.4, -0.2) is 27.4 Å². The summed E-state index contributed by atoms with van der Waals surface area (Å²) in [6.45, 7) is 6.42. The molecule has 0 radical (unpaired) electrons. The molecule has 0 aliphatic heterocycles. The highest BCUT2D eigenvalue weighted by Gasteiger charge is 2.15. The van der Waals surface area contributed by atoms with Gasteiger partial charge in [-0.05, 0) is 26.8 Å². The monoisotopic (exact) mass is 305 g/mol. The summed E-state index contributed by atoms with van der Waals surface area (Å²) in [5.74, 6) is 0.531. The largest absolute Gasteiger partial charge is 0.354 e. The number of carbonyl (C=O) groups is 1. The van der Waals surface area contributed by atoms with E-state index in [1.54, 1.807) is 29.8 Å². The van der Waals surface area contributed by atoms with Crippen LogP contribution in [0.25, 0.3) is 0 Å². The first-order valence-electron chi connectivity index (χ1n) is 6.80. The molecule has 0 aliphatic carbocycles. The van der Waals surface area contributed by atoms with Gasteiger partial charge < -0.3 is 10.6 Å². The van der Waals surface area contributed by atoms with E-state index in [9.17, 15) is 4.79 Å². The van der Waals surface area contributed by atoms with Crippen LogP contribution in [-0.2, 0) is 4.79 Å². The molecule has 2 aromatic rings. The smallest absolute Gasteiger partial charge is 0.222 e. The standard InChI is InChI=1S/C14H19N5OS/c1-9-13(21-11(3)18-9)10(2)19-12(20)5-8-17-14-15-6-4-7-16-14/h4,6-7,10H,5,8H2,1-3H3,(H,19,20)(H,15,16,17)/t10-/m0/s1. The number of hydrogen-bond donors (Lipinski definition) is 2. The molecule has 21 heavy (non-hydrogen) atoms. The van der Waals surface area contributed by atoms with Gasteiger partial charge in [-0.3, -0.25) is 4.79 Å². The summed E-state index contributed by atoms with van der Waals surface area (Å²) in [4.78, 5) is 25.5. The van der Waals surface area contributed by atoms with E-state index in [4.69, 9.17) is 0 Å². The van der Waals surface area contributed by atoms with Crippen molar-refractivity contribution in [3.8, 4) is 0 Å². The number of amides is 1. The van der Waals surface area contributed by atoms with E-state index in [0.717, 1.165) is 15.6 Å². The van der Waals surface area contributed by atoms with Crippen molar-refractivity contribution < 1.29 is 4.79 Å². The van der Waals surface area contributed by atoms with Gasteiger partial charge in [0.15, 0.2) is 0 Å². The van der Waals surface area contributed by atoms with Gasteiger partial charge in [-0.25, -0.2) is 15.0 Å². The third kappa shape index (κ3) is 4.49. The lowest BCUT2D eigenvalue weighted by Gasteiger charge is -2.13. The third-order valence-electron chi connectivity index (χ3n) is 2.91. The molecular formula is C14H19N5OS. The van der Waals surface area contributed by atoms with Gasteiger partial charge in [0.1, 0.15) is 0 Å². The maximum absolute atomic E-state index is 11.9. The van der Waals surface area contributed by atoms with Crippen molar-refractivity contribution in [2.45, 2.75) is 33.2 Å². The van der Waals surface area contributed by atoms with Gasteiger partial charge in [-0.15, -0.1) is 11.3 Å². The van der Waals surface area contributed by atoms with Crippen LogP contribution in [0.3, 0.4) is 0 Å². The highest BCUT2D eigenvalue weighted by Crippen LogP contribution is 2.24. The molecule has 2 heterocycles. The van der Waals surface area contributed by atoms with Gasteiger partial charge in [-0.2, -0.15) is 0 Å². The zero-order valence-corrected chi connectivity index (χ0v) is 13.2. The molecule has 0 spiro atoms. The summed E-state index contributed by atoms with van der Waals surface area (Å²) < 4.78 is 0. The molecule has 0 bridgehead atoms. The minimum absolute atomic E-state index is 0.00335. The van der Waals surface area contributed by atoms with E-state index in [-0.39, 0.29) is 11.9 Å². The molecule has 2 N–H and O–H groups in total. The zero-order chi connectivity index (χ0) is 15.2. The number of hydrogen-bond acceptors (Lipinski definition) is 6. The van der Waals surface area contributed by atoms with Crippen LogP contribution in [0.4, 0.5) is 5.95 Å². The number of aromatic nitrogens is 3. The van der Waals surface area contributed by atoms with Crippen LogP contribution in [0.5, 0.6) is 0 Å². The molecule has 0 fully saturated rings. The molecule has 2 rings (SSSR count). The molecule has 1 atom stereocenters. The number of carbonyl (C=O) groups excluding carboxylic acids is 1. The Morgan fingerprint density at radius 3 is 2.67 bits per heavy atom. The normalized spacial score (nSPS) is 12.0. The number of rotatable bonds is 6. The fraction of sp³-hybridized carbons (Fsp3) is 0.429. The first-order chi connectivity index (χ1) is 10.1. The second kappa shape index (κ2) is 7.12. The average Bonchev–Trinajstić information content (AvgIpc) is 2.79. The summed E-state index contributed by atoms with van der Waals surface area (Å²) >= 11 is 1.62. The predicted molar refractivity (Wildman–Crippen MR) is 83.3 cm³/mol. The Balaban J connectivity index is 1.78. The van der Waals surface area contributed by atoms with Gasteiger partial charge >= 0.3 is 0 Å². The van der Waals surface area contributed by atoms with E-state index in [1.165, 1.54) is 0 Å². The van der Waals surface area contributed by atoms with Crippen LogP contribution < -0.4 is 10.6 Å². The lowest BCUT2D eigenvalue weighted by atomic mass is 10.2. The minimum Gasteiger partial charge on any atom is -0.354 e. The lowest BCUT2D eigenvalue weighted by Crippen LogP contribution is -2.28. The molecule has 6 nitrogen and oxygen atoms in total. The molecule has 0 aliphatic rings.